The highest BCUT2D eigenvalue weighted by molar-refractivity contribution is 5.80. The van der Waals surface area contributed by atoms with Gasteiger partial charge in [0.05, 0.1) is 18.2 Å². The van der Waals surface area contributed by atoms with Gasteiger partial charge in [0.2, 0.25) is 0 Å². The van der Waals surface area contributed by atoms with Gasteiger partial charge in [-0.25, -0.2) is 0 Å². The minimum Gasteiger partial charge on any atom is -0.495 e. The molecular weight excluding hydrogens is 266 g/mol. The van der Waals surface area contributed by atoms with Crippen molar-refractivity contribution in [3.8, 4) is 17.1 Å². The summed E-state index contributed by atoms with van der Waals surface area (Å²) in [5.74, 6) is 1.09. The number of hydrogen-bond donors (Lipinski definition) is 1. The highest BCUT2D eigenvalue weighted by Gasteiger charge is 2.09. The molecule has 0 bridgehead atoms. The minimum atomic E-state index is -0.0654. The minimum absolute atomic E-state index is 0.0654. The smallest absolute Gasteiger partial charge is 0.193 e. The topological polar surface area (TPSA) is 65.5 Å². The molecule has 21 heavy (non-hydrogen) atoms. The van der Waals surface area contributed by atoms with Gasteiger partial charge in [-0.05, 0) is 37.3 Å². The van der Waals surface area contributed by atoms with Crippen LogP contribution in [0.1, 0.15) is 5.56 Å². The third-order valence-corrected chi connectivity index (χ3v) is 3.40. The summed E-state index contributed by atoms with van der Waals surface area (Å²) < 4.78 is 10.9. The molecule has 1 aromatic heterocycles. The summed E-state index contributed by atoms with van der Waals surface area (Å²) in [6.07, 6.45) is 0. The van der Waals surface area contributed by atoms with E-state index in [0.717, 1.165) is 11.1 Å². The molecule has 0 spiro atoms. The van der Waals surface area contributed by atoms with Gasteiger partial charge in [-0.1, -0.05) is 11.6 Å². The first-order chi connectivity index (χ1) is 10.1. The van der Waals surface area contributed by atoms with Crippen LogP contribution in [0.5, 0.6) is 5.75 Å². The van der Waals surface area contributed by atoms with E-state index in [4.69, 9.17) is 14.9 Å². The Bertz CT molecular complexity index is 881. The molecule has 0 aliphatic rings. The molecule has 0 saturated carbocycles. The van der Waals surface area contributed by atoms with Gasteiger partial charge in [0.25, 0.3) is 0 Å². The largest absolute Gasteiger partial charge is 0.495 e. The zero-order valence-corrected chi connectivity index (χ0v) is 11.8. The fourth-order valence-electron chi connectivity index (χ4n) is 2.30. The maximum absolute atomic E-state index is 12.2. The normalized spacial score (nSPS) is 10.8. The third kappa shape index (κ3) is 2.36. The van der Waals surface area contributed by atoms with Crippen molar-refractivity contribution in [3.05, 3.63) is 58.3 Å². The lowest BCUT2D eigenvalue weighted by Gasteiger charge is -2.07. The van der Waals surface area contributed by atoms with Crippen molar-refractivity contribution in [2.45, 2.75) is 6.92 Å². The highest BCUT2D eigenvalue weighted by Crippen LogP contribution is 2.29. The Kier molecular flexibility index (Phi) is 3.14. The first kappa shape index (κ1) is 13.2. The van der Waals surface area contributed by atoms with Gasteiger partial charge in [-0.15, -0.1) is 0 Å². The Hall–Kier alpha value is -2.75. The number of aryl methyl sites for hydroxylation is 1. The van der Waals surface area contributed by atoms with Crippen molar-refractivity contribution < 1.29 is 9.15 Å². The fraction of sp³-hybridized carbons (Fsp3) is 0.118. The number of hydrogen-bond acceptors (Lipinski definition) is 4. The van der Waals surface area contributed by atoms with E-state index in [2.05, 4.69) is 0 Å². The van der Waals surface area contributed by atoms with E-state index in [1.54, 1.807) is 19.2 Å². The Labute approximate surface area is 121 Å². The van der Waals surface area contributed by atoms with Crippen molar-refractivity contribution >= 4 is 16.7 Å². The Morgan fingerprint density at radius 2 is 1.90 bits per heavy atom. The van der Waals surface area contributed by atoms with Crippen LogP contribution in [-0.4, -0.2) is 7.11 Å². The number of anilines is 1. The predicted octanol–water partition coefficient (Wildman–Crippen LogP) is 3.36. The summed E-state index contributed by atoms with van der Waals surface area (Å²) in [7, 11) is 1.56. The van der Waals surface area contributed by atoms with Crippen molar-refractivity contribution in [2.24, 2.45) is 0 Å². The van der Waals surface area contributed by atoms with Crippen LogP contribution in [0.15, 0.2) is 51.7 Å². The molecular formula is C17H15NO3. The average Bonchev–Trinajstić information content (AvgIpc) is 2.47. The number of nitrogens with two attached hydrogens (primary N) is 1. The number of ether oxygens (including phenoxy) is 1. The van der Waals surface area contributed by atoms with Crippen LogP contribution in [-0.2, 0) is 0 Å². The number of rotatable bonds is 2. The molecule has 0 aliphatic heterocycles. The van der Waals surface area contributed by atoms with Crippen LogP contribution >= 0.6 is 0 Å². The summed E-state index contributed by atoms with van der Waals surface area (Å²) in [5.41, 5.74) is 8.67. The van der Waals surface area contributed by atoms with Crippen LogP contribution in [0.25, 0.3) is 22.3 Å². The summed E-state index contributed by atoms with van der Waals surface area (Å²) in [5, 5.41) is 0.584. The molecule has 0 fully saturated rings. The number of benzene rings is 2. The Morgan fingerprint density at radius 1 is 1.10 bits per heavy atom. The third-order valence-electron chi connectivity index (χ3n) is 3.40. The quantitative estimate of drug-likeness (QED) is 0.731. The van der Waals surface area contributed by atoms with E-state index in [1.165, 1.54) is 6.07 Å². The molecule has 0 atom stereocenters. The van der Waals surface area contributed by atoms with E-state index < -0.39 is 0 Å². The van der Waals surface area contributed by atoms with Gasteiger partial charge in [0.1, 0.15) is 17.1 Å². The number of nitrogen functional groups attached to an aromatic ring is 1. The van der Waals surface area contributed by atoms with Crippen molar-refractivity contribution in [1.82, 2.24) is 0 Å². The molecule has 2 aromatic carbocycles. The predicted molar refractivity (Wildman–Crippen MR) is 83.6 cm³/mol. The monoisotopic (exact) mass is 281 g/mol. The lowest BCUT2D eigenvalue weighted by Crippen LogP contribution is -2.01. The van der Waals surface area contributed by atoms with Crippen molar-refractivity contribution in [2.75, 3.05) is 12.8 Å². The van der Waals surface area contributed by atoms with Crippen molar-refractivity contribution in [3.63, 3.8) is 0 Å². The standard InChI is InChI=1S/C17H15NO3/c1-10-3-5-15-12(7-10)14(19)9-17(21-15)11-4-6-16(20-2)13(18)8-11/h3-9H,18H2,1-2H3. The van der Waals surface area contributed by atoms with E-state index in [9.17, 15) is 4.79 Å². The van der Waals surface area contributed by atoms with Crippen LogP contribution in [0, 0.1) is 6.92 Å². The molecule has 4 heteroatoms. The van der Waals surface area contributed by atoms with E-state index >= 15 is 0 Å². The van der Waals surface area contributed by atoms with Crippen LogP contribution in [0.3, 0.4) is 0 Å². The van der Waals surface area contributed by atoms with Gasteiger partial charge in [0.15, 0.2) is 5.43 Å². The maximum Gasteiger partial charge on any atom is 0.193 e. The number of fused-ring (bicyclic) bond motifs is 1. The molecule has 0 amide bonds. The SMILES string of the molecule is COc1ccc(-c2cc(=O)c3cc(C)ccc3o2)cc1N. The van der Waals surface area contributed by atoms with Crippen LogP contribution < -0.4 is 15.9 Å². The molecule has 3 rings (SSSR count). The average molecular weight is 281 g/mol. The molecule has 4 nitrogen and oxygen atoms in total. The molecule has 106 valence electrons. The lowest BCUT2D eigenvalue weighted by molar-refractivity contribution is 0.417. The molecule has 1 heterocycles. The van der Waals surface area contributed by atoms with Gasteiger partial charge >= 0.3 is 0 Å². The molecule has 0 unspecified atom stereocenters. The first-order valence-corrected chi connectivity index (χ1v) is 6.57. The molecule has 0 radical (unpaired) electrons. The molecule has 2 N–H and O–H groups in total. The fourth-order valence-corrected chi connectivity index (χ4v) is 2.30. The summed E-state index contributed by atoms with van der Waals surface area (Å²) in [6.45, 7) is 1.94. The second kappa shape index (κ2) is 4.98. The molecule has 3 aromatic rings. The first-order valence-electron chi connectivity index (χ1n) is 6.57. The van der Waals surface area contributed by atoms with Crippen molar-refractivity contribution in [1.29, 1.82) is 0 Å². The lowest BCUT2D eigenvalue weighted by atomic mass is 10.1. The van der Waals surface area contributed by atoms with Crippen LogP contribution in [0.4, 0.5) is 5.69 Å². The van der Waals surface area contributed by atoms with Gasteiger partial charge in [-0.2, -0.15) is 0 Å². The summed E-state index contributed by atoms with van der Waals surface area (Å²) in [6, 6.07) is 12.3. The van der Waals surface area contributed by atoms with Gasteiger partial charge < -0.3 is 14.9 Å². The molecule has 0 aliphatic carbocycles. The van der Waals surface area contributed by atoms with Gasteiger partial charge in [0, 0.05) is 11.6 Å². The zero-order valence-electron chi connectivity index (χ0n) is 11.8. The molecule has 0 saturated heterocycles. The van der Waals surface area contributed by atoms with E-state index in [1.807, 2.05) is 31.2 Å². The van der Waals surface area contributed by atoms with Crippen LogP contribution in [0.2, 0.25) is 0 Å². The number of methoxy groups -OCH3 is 1. The highest BCUT2D eigenvalue weighted by atomic mass is 16.5. The maximum atomic E-state index is 12.2. The van der Waals surface area contributed by atoms with E-state index in [-0.39, 0.29) is 5.43 Å². The second-order valence-corrected chi connectivity index (χ2v) is 4.93. The second-order valence-electron chi connectivity index (χ2n) is 4.93. The zero-order chi connectivity index (χ0) is 15.0. The van der Waals surface area contributed by atoms with E-state index in [0.29, 0.717) is 28.2 Å². The Morgan fingerprint density at radius 3 is 2.62 bits per heavy atom. The Balaban J connectivity index is 2.19. The summed E-state index contributed by atoms with van der Waals surface area (Å²) in [4.78, 5) is 12.2. The van der Waals surface area contributed by atoms with Gasteiger partial charge in [-0.3, -0.25) is 4.79 Å². The summed E-state index contributed by atoms with van der Waals surface area (Å²) >= 11 is 0.